The summed E-state index contributed by atoms with van der Waals surface area (Å²) in [5, 5.41) is 17.1. The highest BCUT2D eigenvalue weighted by atomic mass is 32.2. The molecule has 0 unspecified atom stereocenters. The number of benzene rings is 1. The molecule has 0 amide bonds. The van der Waals surface area contributed by atoms with Crippen LogP contribution in [-0.2, 0) is 14.8 Å². The predicted molar refractivity (Wildman–Crippen MR) is 60.8 cm³/mol. The fourth-order valence-electron chi connectivity index (χ4n) is 1.14. The summed E-state index contributed by atoms with van der Waals surface area (Å²) < 4.78 is 37.8. The number of nitrogens with zero attached hydrogens (tertiary/aromatic N) is 1. The number of nitrogens with one attached hydrogen (secondary N) is 1. The van der Waals surface area contributed by atoms with E-state index in [1.165, 1.54) is 0 Å². The summed E-state index contributed by atoms with van der Waals surface area (Å²) in [6.45, 7) is 0. The van der Waals surface area contributed by atoms with Crippen molar-refractivity contribution < 1.29 is 22.7 Å². The number of carboxylic acid groups (broad SMARTS) is 1. The van der Waals surface area contributed by atoms with Gasteiger partial charge in [0.1, 0.15) is 11.9 Å². The highest BCUT2D eigenvalue weighted by molar-refractivity contribution is 7.92. The summed E-state index contributed by atoms with van der Waals surface area (Å²) in [4.78, 5) is 10.3. The van der Waals surface area contributed by atoms with Crippen molar-refractivity contribution in [2.24, 2.45) is 0 Å². The molecule has 96 valence electrons. The van der Waals surface area contributed by atoms with Crippen molar-refractivity contribution in [2.75, 3.05) is 10.5 Å². The van der Waals surface area contributed by atoms with Gasteiger partial charge in [0.25, 0.3) is 0 Å². The van der Waals surface area contributed by atoms with Crippen molar-refractivity contribution in [2.45, 2.75) is 6.42 Å². The average molecular weight is 272 g/mol. The zero-order valence-corrected chi connectivity index (χ0v) is 9.87. The number of anilines is 1. The summed E-state index contributed by atoms with van der Waals surface area (Å²) in [5.41, 5.74) is -0.252. The normalized spacial score (nSPS) is 10.7. The first-order chi connectivity index (χ1) is 8.34. The number of halogens is 1. The Morgan fingerprint density at radius 2 is 2.17 bits per heavy atom. The van der Waals surface area contributed by atoms with Crippen molar-refractivity contribution in [3.05, 3.63) is 29.6 Å². The molecule has 0 aliphatic carbocycles. The Balaban J connectivity index is 2.91. The Labute approximate surface area is 103 Å². The lowest BCUT2D eigenvalue weighted by molar-refractivity contribution is -0.136. The molecule has 0 saturated heterocycles. The molecule has 0 fully saturated rings. The third kappa shape index (κ3) is 4.03. The van der Waals surface area contributed by atoms with Gasteiger partial charge in [-0.3, -0.25) is 9.52 Å². The maximum absolute atomic E-state index is 12.8. The van der Waals surface area contributed by atoms with E-state index in [0.29, 0.717) is 0 Å². The molecule has 0 saturated carbocycles. The molecule has 0 bridgehead atoms. The minimum absolute atomic E-state index is 0.0794. The molecule has 0 heterocycles. The molecule has 6 nitrogen and oxygen atoms in total. The first-order valence-electron chi connectivity index (χ1n) is 4.76. The van der Waals surface area contributed by atoms with Crippen LogP contribution in [-0.4, -0.2) is 25.2 Å². The van der Waals surface area contributed by atoms with Crippen LogP contribution in [0.5, 0.6) is 0 Å². The highest BCUT2D eigenvalue weighted by Crippen LogP contribution is 2.17. The van der Waals surface area contributed by atoms with Gasteiger partial charge in [-0.2, -0.15) is 5.26 Å². The molecule has 18 heavy (non-hydrogen) atoms. The van der Waals surface area contributed by atoms with Gasteiger partial charge >= 0.3 is 5.97 Å². The fourth-order valence-corrected chi connectivity index (χ4v) is 2.20. The molecule has 1 rings (SSSR count). The van der Waals surface area contributed by atoms with Gasteiger partial charge in [0.05, 0.1) is 23.4 Å². The molecule has 1 aromatic rings. The SMILES string of the molecule is N#Cc1cc(F)ccc1NS(=O)(=O)CCC(=O)O. The minimum Gasteiger partial charge on any atom is -0.481 e. The molecule has 8 heteroatoms. The molecule has 2 N–H and O–H groups in total. The van der Waals surface area contributed by atoms with E-state index in [2.05, 4.69) is 0 Å². The van der Waals surface area contributed by atoms with Gasteiger partial charge in [-0.25, -0.2) is 12.8 Å². The van der Waals surface area contributed by atoms with Crippen LogP contribution in [0.15, 0.2) is 18.2 Å². The minimum atomic E-state index is -3.88. The van der Waals surface area contributed by atoms with Crippen LogP contribution in [0.3, 0.4) is 0 Å². The van der Waals surface area contributed by atoms with Crippen LogP contribution in [0.2, 0.25) is 0 Å². The van der Waals surface area contributed by atoms with Gasteiger partial charge in [0.2, 0.25) is 10.0 Å². The van der Waals surface area contributed by atoms with E-state index < -0.39 is 34.0 Å². The number of carboxylic acids is 1. The van der Waals surface area contributed by atoms with Crippen molar-refractivity contribution in [1.29, 1.82) is 5.26 Å². The summed E-state index contributed by atoms with van der Waals surface area (Å²) >= 11 is 0. The summed E-state index contributed by atoms with van der Waals surface area (Å²) in [5.74, 6) is -2.54. The van der Waals surface area contributed by atoms with Gasteiger partial charge in [-0.15, -0.1) is 0 Å². The van der Waals surface area contributed by atoms with Gasteiger partial charge in [-0.05, 0) is 18.2 Å². The smallest absolute Gasteiger partial charge is 0.304 e. The lowest BCUT2D eigenvalue weighted by atomic mass is 10.2. The second-order valence-electron chi connectivity index (χ2n) is 3.37. The Bertz CT molecular complexity index is 607. The van der Waals surface area contributed by atoms with E-state index in [1.54, 1.807) is 6.07 Å². The van der Waals surface area contributed by atoms with Crippen LogP contribution in [0, 0.1) is 17.1 Å². The summed E-state index contributed by atoms with van der Waals surface area (Å²) in [6, 6.07) is 4.62. The van der Waals surface area contributed by atoms with Crippen LogP contribution in [0.25, 0.3) is 0 Å². The Kier molecular flexibility index (Phi) is 4.23. The maximum atomic E-state index is 12.8. The van der Waals surface area contributed by atoms with Crippen LogP contribution in [0.1, 0.15) is 12.0 Å². The van der Waals surface area contributed by atoms with Gasteiger partial charge in [-0.1, -0.05) is 0 Å². The van der Waals surface area contributed by atoms with E-state index in [4.69, 9.17) is 10.4 Å². The maximum Gasteiger partial charge on any atom is 0.304 e. The summed E-state index contributed by atoms with van der Waals surface area (Å²) in [6.07, 6.45) is -0.557. The molecule has 0 spiro atoms. The van der Waals surface area contributed by atoms with Gasteiger partial charge in [0, 0.05) is 0 Å². The lowest BCUT2D eigenvalue weighted by Gasteiger charge is -2.08. The molecule has 0 radical (unpaired) electrons. The van der Waals surface area contributed by atoms with Gasteiger partial charge < -0.3 is 5.11 Å². The van der Waals surface area contributed by atoms with E-state index in [-0.39, 0.29) is 11.3 Å². The third-order valence-electron chi connectivity index (χ3n) is 1.95. The van der Waals surface area contributed by atoms with E-state index in [1.807, 2.05) is 4.72 Å². The molecule has 1 aromatic carbocycles. The standard InChI is InChI=1S/C10H9FN2O4S/c11-8-1-2-9(7(5-8)6-12)13-18(16,17)4-3-10(14)15/h1-2,5,13H,3-4H2,(H,14,15). The predicted octanol–water partition coefficient (Wildman–Crippen LogP) is 0.914. The number of sulfonamides is 1. The number of carbonyl (C=O) groups is 1. The third-order valence-corrected chi connectivity index (χ3v) is 3.22. The van der Waals surface area contributed by atoms with Crippen molar-refractivity contribution in [1.82, 2.24) is 0 Å². The average Bonchev–Trinajstić information content (AvgIpc) is 2.29. The Morgan fingerprint density at radius 1 is 1.50 bits per heavy atom. The molecular weight excluding hydrogens is 263 g/mol. The quantitative estimate of drug-likeness (QED) is 0.828. The first-order valence-corrected chi connectivity index (χ1v) is 6.41. The number of hydrogen-bond acceptors (Lipinski definition) is 4. The van der Waals surface area contributed by atoms with Crippen LogP contribution >= 0.6 is 0 Å². The molecule has 0 aromatic heterocycles. The summed E-state index contributed by atoms with van der Waals surface area (Å²) in [7, 11) is -3.88. The number of aliphatic carboxylic acids is 1. The molecular formula is C10H9FN2O4S. The van der Waals surface area contributed by atoms with Crippen molar-refractivity contribution in [3.8, 4) is 6.07 Å². The van der Waals surface area contributed by atoms with Crippen LogP contribution in [0.4, 0.5) is 10.1 Å². The van der Waals surface area contributed by atoms with Crippen molar-refractivity contribution in [3.63, 3.8) is 0 Å². The van der Waals surface area contributed by atoms with E-state index >= 15 is 0 Å². The second kappa shape index (κ2) is 5.46. The Hall–Kier alpha value is -2.14. The molecule has 0 aliphatic heterocycles. The highest BCUT2D eigenvalue weighted by Gasteiger charge is 2.15. The number of nitriles is 1. The fraction of sp³-hybridized carbons (Fsp3) is 0.200. The zero-order valence-electron chi connectivity index (χ0n) is 9.05. The lowest BCUT2D eigenvalue weighted by Crippen LogP contribution is -2.19. The first kappa shape index (κ1) is 13.9. The second-order valence-corrected chi connectivity index (χ2v) is 5.21. The van der Waals surface area contributed by atoms with Crippen LogP contribution < -0.4 is 4.72 Å². The Morgan fingerprint density at radius 3 is 2.72 bits per heavy atom. The largest absolute Gasteiger partial charge is 0.481 e. The van der Waals surface area contributed by atoms with E-state index in [9.17, 15) is 17.6 Å². The topological polar surface area (TPSA) is 107 Å². The number of hydrogen-bond donors (Lipinski definition) is 2. The molecule has 0 atom stereocenters. The van der Waals surface area contributed by atoms with Crippen molar-refractivity contribution >= 4 is 21.7 Å². The van der Waals surface area contributed by atoms with Gasteiger partial charge in [0.15, 0.2) is 0 Å². The zero-order chi connectivity index (χ0) is 13.8. The number of rotatable bonds is 5. The monoisotopic (exact) mass is 272 g/mol. The van der Waals surface area contributed by atoms with E-state index in [0.717, 1.165) is 18.2 Å². The molecule has 0 aliphatic rings.